The number of carboxylic acids is 1. The van der Waals surface area contributed by atoms with E-state index in [2.05, 4.69) is 4.98 Å². The van der Waals surface area contributed by atoms with Crippen molar-refractivity contribution in [1.29, 1.82) is 0 Å². The van der Waals surface area contributed by atoms with Gasteiger partial charge in [-0.2, -0.15) is 0 Å². The van der Waals surface area contributed by atoms with Gasteiger partial charge in [0.1, 0.15) is 4.88 Å². The lowest BCUT2D eigenvalue weighted by Crippen LogP contribution is -1.94. The van der Waals surface area contributed by atoms with Gasteiger partial charge in [0, 0.05) is 22.4 Å². The molecule has 0 aliphatic carbocycles. The first-order chi connectivity index (χ1) is 9.88. The molecule has 0 saturated heterocycles. The second kappa shape index (κ2) is 6.42. The molecule has 1 N–H and O–H groups in total. The fourth-order valence-corrected chi connectivity index (χ4v) is 3.79. The normalized spacial score (nSPS) is 10.6. The van der Waals surface area contributed by atoms with E-state index < -0.39 is 10.9 Å². The lowest BCUT2D eigenvalue weighted by molar-refractivity contribution is -0.385. The van der Waals surface area contributed by atoms with E-state index >= 15 is 0 Å². The van der Waals surface area contributed by atoms with Gasteiger partial charge in [0.25, 0.3) is 5.69 Å². The molecule has 0 atom stereocenters. The van der Waals surface area contributed by atoms with Crippen molar-refractivity contribution in [2.75, 3.05) is 0 Å². The van der Waals surface area contributed by atoms with Gasteiger partial charge in [-0.3, -0.25) is 10.1 Å². The van der Waals surface area contributed by atoms with Crippen molar-refractivity contribution in [1.82, 2.24) is 4.98 Å². The van der Waals surface area contributed by atoms with Crippen LogP contribution in [0.2, 0.25) is 5.02 Å². The number of nitrogens with zero attached hydrogens (tertiary/aromatic N) is 2. The van der Waals surface area contributed by atoms with Crippen LogP contribution in [0.1, 0.15) is 20.9 Å². The molecule has 0 spiro atoms. The van der Waals surface area contributed by atoms with Crippen LogP contribution in [-0.4, -0.2) is 21.0 Å². The molecule has 1 aromatic carbocycles. The SMILES string of the molecule is Cc1nc(SCc2ccc(Cl)cc2[N+](=O)[O-])sc1C(=O)O. The van der Waals surface area contributed by atoms with Crippen molar-refractivity contribution in [2.24, 2.45) is 0 Å². The lowest BCUT2D eigenvalue weighted by atomic mass is 10.2. The highest BCUT2D eigenvalue weighted by atomic mass is 35.5. The summed E-state index contributed by atoms with van der Waals surface area (Å²) < 4.78 is 0.564. The molecule has 0 aliphatic heterocycles. The third kappa shape index (κ3) is 3.72. The summed E-state index contributed by atoms with van der Waals surface area (Å²) in [7, 11) is 0. The Morgan fingerprint density at radius 3 is 2.86 bits per heavy atom. The lowest BCUT2D eigenvalue weighted by Gasteiger charge is -2.01. The highest BCUT2D eigenvalue weighted by Crippen LogP contribution is 2.33. The minimum Gasteiger partial charge on any atom is -0.477 e. The summed E-state index contributed by atoms with van der Waals surface area (Å²) in [6.45, 7) is 1.62. The standard InChI is InChI=1S/C12H9ClN2O4S2/c1-6-10(11(16)17)21-12(14-6)20-5-7-2-3-8(13)4-9(7)15(18)19/h2-4H,5H2,1H3,(H,16,17). The molecule has 1 aromatic heterocycles. The molecule has 0 unspecified atom stereocenters. The van der Waals surface area contributed by atoms with Gasteiger partial charge < -0.3 is 5.11 Å². The van der Waals surface area contributed by atoms with E-state index in [4.69, 9.17) is 16.7 Å². The molecule has 0 radical (unpaired) electrons. The van der Waals surface area contributed by atoms with E-state index in [1.165, 1.54) is 17.8 Å². The monoisotopic (exact) mass is 344 g/mol. The number of thiazole rings is 1. The molecule has 110 valence electrons. The van der Waals surface area contributed by atoms with E-state index in [0.29, 0.717) is 26.4 Å². The number of nitro groups is 1. The Bertz CT molecular complexity index is 717. The number of carboxylic acid groups (broad SMARTS) is 1. The van der Waals surface area contributed by atoms with Crippen molar-refractivity contribution < 1.29 is 14.8 Å². The minimum absolute atomic E-state index is 0.0539. The zero-order valence-corrected chi connectivity index (χ0v) is 13.1. The van der Waals surface area contributed by atoms with E-state index in [-0.39, 0.29) is 10.6 Å². The summed E-state index contributed by atoms with van der Waals surface area (Å²) in [5, 5.41) is 20.2. The third-order valence-corrected chi connectivity index (χ3v) is 5.14. The summed E-state index contributed by atoms with van der Waals surface area (Å²) in [6.07, 6.45) is 0. The largest absolute Gasteiger partial charge is 0.477 e. The van der Waals surface area contributed by atoms with Gasteiger partial charge >= 0.3 is 5.97 Å². The van der Waals surface area contributed by atoms with Gasteiger partial charge in [0.05, 0.1) is 10.6 Å². The maximum atomic E-state index is 11.0. The van der Waals surface area contributed by atoms with Crippen molar-refractivity contribution in [3.63, 3.8) is 0 Å². The van der Waals surface area contributed by atoms with Crippen LogP contribution in [0.3, 0.4) is 0 Å². The number of aryl methyl sites for hydroxylation is 1. The van der Waals surface area contributed by atoms with Crippen LogP contribution in [0.4, 0.5) is 5.69 Å². The van der Waals surface area contributed by atoms with E-state index in [0.717, 1.165) is 11.3 Å². The summed E-state index contributed by atoms with van der Waals surface area (Å²) in [5.74, 6) is -0.700. The van der Waals surface area contributed by atoms with Crippen LogP contribution < -0.4 is 0 Å². The predicted molar refractivity (Wildman–Crippen MR) is 81.5 cm³/mol. The summed E-state index contributed by atoms with van der Waals surface area (Å²) in [6, 6.07) is 4.47. The molecule has 2 rings (SSSR count). The number of hydrogen-bond acceptors (Lipinski definition) is 6. The maximum Gasteiger partial charge on any atom is 0.347 e. The van der Waals surface area contributed by atoms with Gasteiger partial charge in [-0.05, 0) is 19.1 Å². The van der Waals surface area contributed by atoms with Crippen LogP contribution in [0.25, 0.3) is 0 Å². The fourth-order valence-electron chi connectivity index (χ4n) is 1.60. The summed E-state index contributed by atoms with van der Waals surface area (Å²) in [5.41, 5.74) is 0.904. The van der Waals surface area contributed by atoms with Crippen molar-refractivity contribution in [3.8, 4) is 0 Å². The van der Waals surface area contributed by atoms with E-state index in [1.807, 2.05) is 0 Å². The van der Waals surface area contributed by atoms with E-state index in [1.54, 1.807) is 19.1 Å². The molecule has 0 fully saturated rings. The molecular formula is C12H9ClN2O4S2. The maximum absolute atomic E-state index is 11.0. The quantitative estimate of drug-likeness (QED) is 0.500. The Kier molecular flexibility index (Phi) is 4.81. The summed E-state index contributed by atoms with van der Waals surface area (Å²) in [4.78, 5) is 25.8. The van der Waals surface area contributed by atoms with Crippen LogP contribution in [0, 0.1) is 17.0 Å². The predicted octanol–water partition coefficient (Wildman–Crippen LogP) is 4.00. The molecule has 1 heterocycles. The smallest absolute Gasteiger partial charge is 0.347 e. The topological polar surface area (TPSA) is 93.3 Å². The first kappa shape index (κ1) is 15.7. The molecule has 0 aliphatic rings. The van der Waals surface area contributed by atoms with Gasteiger partial charge in [-0.15, -0.1) is 11.3 Å². The average molecular weight is 345 g/mol. The van der Waals surface area contributed by atoms with Crippen LogP contribution in [-0.2, 0) is 5.75 Å². The Balaban J connectivity index is 2.19. The Morgan fingerprint density at radius 2 is 2.29 bits per heavy atom. The first-order valence-electron chi connectivity index (χ1n) is 5.65. The molecule has 0 bridgehead atoms. The summed E-state index contributed by atoms with van der Waals surface area (Å²) >= 11 is 8.07. The Hall–Kier alpha value is -1.64. The minimum atomic E-state index is -1.02. The number of nitro benzene ring substituents is 1. The van der Waals surface area contributed by atoms with Crippen LogP contribution in [0.15, 0.2) is 22.5 Å². The van der Waals surface area contributed by atoms with Gasteiger partial charge in [0.2, 0.25) is 0 Å². The van der Waals surface area contributed by atoms with Crippen molar-refractivity contribution in [3.05, 3.63) is 49.5 Å². The number of benzene rings is 1. The Morgan fingerprint density at radius 1 is 1.57 bits per heavy atom. The molecule has 2 aromatic rings. The van der Waals surface area contributed by atoms with Gasteiger partial charge in [-0.25, -0.2) is 9.78 Å². The number of carbonyl (C=O) groups is 1. The molecule has 6 nitrogen and oxygen atoms in total. The van der Waals surface area contributed by atoms with E-state index in [9.17, 15) is 14.9 Å². The zero-order valence-electron chi connectivity index (χ0n) is 10.7. The molecule has 0 saturated carbocycles. The molecule has 0 amide bonds. The second-order valence-electron chi connectivity index (χ2n) is 4.02. The third-order valence-electron chi connectivity index (χ3n) is 2.57. The van der Waals surface area contributed by atoms with Crippen molar-refractivity contribution in [2.45, 2.75) is 17.0 Å². The number of thioether (sulfide) groups is 1. The van der Waals surface area contributed by atoms with Crippen LogP contribution in [0.5, 0.6) is 0 Å². The van der Waals surface area contributed by atoms with Crippen molar-refractivity contribution >= 4 is 46.4 Å². The average Bonchev–Trinajstić information content (AvgIpc) is 2.78. The second-order valence-corrected chi connectivity index (χ2v) is 6.68. The first-order valence-corrected chi connectivity index (χ1v) is 7.83. The highest BCUT2D eigenvalue weighted by Gasteiger charge is 2.17. The Labute approximate surface area is 132 Å². The fraction of sp³-hybridized carbons (Fsp3) is 0.167. The molecule has 9 heteroatoms. The number of rotatable bonds is 5. The van der Waals surface area contributed by atoms with Crippen LogP contribution >= 0.6 is 34.7 Å². The molecular weight excluding hydrogens is 336 g/mol. The number of halogens is 1. The van der Waals surface area contributed by atoms with Gasteiger partial charge in [0.15, 0.2) is 4.34 Å². The molecule has 21 heavy (non-hydrogen) atoms. The van der Waals surface area contributed by atoms with Gasteiger partial charge in [-0.1, -0.05) is 23.4 Å². The number of aromatic carboxylic acids is 1. The zero-order chi connectivity index (χ0) is 15.6. The number of aromatic nitrogens is 1. The number of hydrogen-bond donors (Lipinski definition) is 1. The highest BCUT2D eigenvalue weighted by molar-refractivity contribution is 8.00.